The lowest BCUT2D eigenvalue weighted by atomic mass is 10.2. The molecule has 2 aromatic heterocycles. The Hall–Kier alpha value is -2.63. The second kappa shape index (κ2) is 4.73. The van der Waals surface area contributed by atoms with Gasteiger partial charge in [-0.3, -0.25) is 4.79 Å². The summed E-state index contributed by atoms with van der Waals surface area (Å²) in [5.74, 6) is 0. The smallest absolute Gasteiger partial charge is 0.301 e. The molecule has 0 radical (unpaired) electrons. The van der Waals surface area contributed by atoms with Crippen molar-refractivity contribution in [1.82, 2.24) is 9.55 Å². The fourth-order valence-electron chi connectivity index (χ4n) is 2.12. The van der Waals surface area contributed by atoms with E-state index in [9.17, 15) is 18.0 Å². The molecule has 0 aliphatic rings. The minimum atomic E-state index is -4.42. The van der Waals surface area contributed by atoms with Gasteiger partial charge in [0, 0.05) is 24.1 Å². The number of hydrogen-bond acceptors (Lipinski definition) is 2. The second-order valence-corrected chi connectivity index (χ2v) is 4.47. The van der Waals surface area contributed by atoms with Crippen molar-refractivity contribution in [2.45, 2.75) is 6.18 Å². The van der Waals surface area contributed by atoms with Crippen LogP contribution in [0.25, 0.3) is 16.7 Å². The third-order valence-corrected chi connectivity index (χ3v) is 3.11. The van der Waals surface area contributed by atoms with Gasteiger partial charge in [0.25, 0.3) is 0 Å². The lowest BCUT2D eigenvalue weighted by molar-refractivity contribution is -0.137. The maximum Gasteiger partial charge on any atom is 0.416 e. The van der Waals surface area contributed by atoms with Crippen molar-refractivity contribution < 1.29 is 13.2 Å². The van der Waals surface area contributed by atoms with E-state index in [1.807, 2.05) is 0 Å². The monoisotopic (exact) mass is 290 g/mol. The molecule has 0 bridgehead atoms. The van der Waals surface area contributed by atoms with Gasteiger partial charge in [0.1, 0.15) is 5.65 Å². The molecule has 2 heterocycles. The molecule has 0 unspecified atom stereocenters. The van der Waals surface area contributed by atoms with Crippen LogP contribution in [0.3, 0.4) is 0 Å². The van der Waals surface area contributed by atoms with Crippen molar-refractivity contribution >= 4 is 11.0 Å². The van der Waals surface area contributed by atoms with Gasteiger partial charge in [0.2, 0.25) is 0 Å². The number of halogens is 3. The number of nitrogens with zero attached hydrogens (tertiary/aromatic N) is 2. The lowest BCUT2D eigenvalue weighted by Gasteiger charge is -2.12. The molecule has 3 nitrogen and oxygen atoms in total. The topological polar surface area (TPSA) is 34.9 Å². The summed E-state index contributed by atoms with van der Waals surface area (Å²) in [7, 11) is 0. The Kier molecular flexibility index (Phi) is 3.01. The van der Waals surface area contributed by atoms with Crippen LogP contribution in [0.15, 0.2) is 59.7 Å². The quantitative estimate of drug-likeness (QED) is 0.688. The average molecular weight is 290 g/mol. The van der Waals surface area contributed by atoms with Gasteiger partial charge in [0.15, 0.2) is 5.43 Å². The molecule has 6 heteroatoms. The van der Waals surface area contributed by atoms with Crippen LogP contribution in [-0.2, 0) is 6.18 Å². The van der Waals surface area contributed by atoms with Crippen molar-refractivity contribution in [3.63, 3.8) is 0 Å². The van der Waals surface area contributed by atoms with Crippen LogP contribution < -0.4 is 5.43 Å². The van der Waals surface area contributed by atoms with Crippen LogP contribution >= 0.6 is 0 Å². The summed E-state index contributed by atoms with van der Waals surface area (Å²) < 4.78 is 39.8. The fourth-order valence-corrected chi connectivity index (χ4v) is 2.12. The normalized spacial score (nSPS) is 11.8. The number of hydrogen-bond donors (Lipinski definition) is 0. The highest BCUT2D eigenvalue weighted by molar-refractivity contribution is 5.76. The van der Waals surface area contributed by atoms with Crippen molar-refractivity contribution in [2.75, 3.05) is 0 Å². The Balaban J connectivity index is 2.27. The van der Waals surface area contributed by atoms with E-state index < -0.39 is 11.7 Å². The zero-order valence-corrected chi connectivity index (χ0v) is 10.6. The minimum absolute atomic E-state index is 0.221. The van der Waals surface area contributed by atoms with E-state index in [4.69, 9.17) is 0 Å². The van der Waals surface area contributed by atoms with Gasteiger partial charge < -0.3 is 4.57 Å². The zero-order chi connectivity index (χ0) is 15.0. The SMILES string of the molecule is O=c1ccn(-c2cccc(C(F)(F)F)c2)c2ncccc12. The molecule has 0 amide bonds. The third kappa shape index (κ3) is 2.40. The van der Waals surface area contributed by atoms with E-state index in [-0.39, 0.29) is 5.43 Å². The first-order chi connectivity index (χ1) is 9.97. The first-order valence-corrected chi connectivity index (χ1v) is 6.11. The molecule has 0 fully saturated rings. The molecule has 106 valence electrons. The van der Waals surface area contributed by atoms with Crippen LogP contribution in [-0.4, -0.2) is 9.55 Å². The van der Waals surface area contributed by atoms with Crippen molar-refractivity contribution in [2.24, 2.45) is 0 Å². The first-order valence-electron chi connectivity index (χ1n) is 6.11. The van der Waals surface area contributed by atoms with Crippen molar-refractivity contribution in [3.8, 4) is 5.69 Å². The molecular formula is C15H9F3N2O. The standard InChI is InChI=1S/C15H9F3N2O/c16-15(17,18)10-3-1-4-11(9-10)20-8-6-13(21)12-5-2-7-19-14(12)20/h1-9H. The molecule has 1 aromatic carbocycles. The summed E-state index contributed by atoms with van der Waals surface area (Å²) in [6.07, 6.45) is -1.50. The van der Waals surface area contributed by atoms with E-state index in [1.54, 1.807) is 12.1 Å². The summed E-state index contributed by atoms with van der Waals surface area (Å²) in [6.45, 7) is 0. The summed E-state index contributed by atoms with van der Waals surface area (Å²) >= 11 is 0. The van der Waals surface area contributed by atoms with Crippen LogP contribution in [0.5, 0.6) is 0 Å². The highest BCUT2D eigenvalue weighted by atomic mass is 19.4. The molecule has 0 aliphatic carbocycles. The van der Waals surface area contributed by atoms with Gasteiger partial charge in [-0.2, -0.15) is 13.2 Å². The van der Waals surface area contributed by atoms with E-state index in [1.165, 1.54) is 35.2 Å². The van der Waals surface area contributed by atoms with E-state index in [0.29, 0.717) is 16.7 Å². The molecule has 3 rings (SSSR count). The molecule has 21 heavy (non-hydrogen) atoms. The predicted molar refractivity (Wildman–Crippen MR) is 72.3 cm³/mol. The molecule has 0 saturated heterocycles. The highest BCUT2D eigenvalue weighted by Crippen LogP contribution is 2.30. The van der Waals surface area contributed by atoms with Gasteiger partial charge >= 0.3 is 6.18 Å². The Morgan fingerprint density at radius 2 is 1.86 bits per heavy atom. The van der Waals surface area contributed by atoms with Gasteiger partial charge in [-0.25, -0.2) is 4.98 Å². The maximum atomic E-state index is 12.8. The van der Waals surface area contributed by atoms with E-state index >= 15 is 0 Å². The Bertz CT molecular complexity index is 868. The lowest BCUT2D eigenvalue weighted by Crippen LogP contribution is -2.09. The number of aromatic nitrogens is 2. The molecule has 3 aromatic rings. The van der Waals surface area contributed by atoms with Crippen molar-refractivity contribution in [3.05, 3.63) is 70.6 Å². The van der Waals surface area contributed by atoms with Gasteiger partial charge in [-0.1, -0.05) is 6.07 Å². The Morgan fingerprint density at radius 3 is 2.62 bits per heavy atom. The minimum Gasteiger partial charge on any atom is -0.301 e. The Labute approximate surface area is 117 Å². The molecular weight excluding hydrogens is 281 g/mol. The van der Waals surface area contributed by atoms with Crippen LogP contribution in [0.4, 0.5) is 13.2 Å². The molecule has 0 N–H and O–H groups in total. The summed E-state index contributed by atoms with van der Waals surface area (Å²) in [5.41, 5.74) is -0.345. The number of fused-ring (bicyclic) bond motifs is 1. The number of benzene rings is 1. The molecule has 0 atom stereocenters. The van der Waals surface area contributed by atoms with E-state index in [2.05, 4.69) is 4.98 Å². The van der Waals surface area contributed by atoms with Crippen LogP contribution in [0.2, 0.25) is 0 Å². The van der Waals surface area contributed by atoms with Gasteiger partial charge in [0.05, 0.1) is 10.9 Å². The third-order valence-electron chi connectivity index (χ3n) is 3.11. The van der Waals surface area contributed by atoms with Gasteiger partial charge in [-0.05, 0) is 30.3 Å². The molecule has 0 spiro atoms. The zero-order valence-electron chi connectivity index (χ0n) is 10.6. The maximum absolute atomic E-state index is 12.8. The number of rotatable bonds is 1. The van der Waals surface area contributed by atoms with Gasteiger partial charge in [-0.15, -0.1) is 0 Å². The largest absolute Gasteiger partial charge is 0.416 e. The molecule has 0 saturated carbocycles. The fraction of sp³-hybridized carbons (Fsp3) is 0.0667. The van der Waals surface area contributed by atoms with E-state index in [0.717, 1.165) is 12.1 Å². The first kappa shape index (κ1) is 13.4. The van der Waals surface area contributed by atoms with Crippen LogP contribution in [0.1, 0.15) is 5.56 Å². The van der Waals surface area contributed by atoms with Crippen molar-refractivity contribution in [1.29, 1.82) is 0 Å². The number of pyridine rings is 2. The highest BCUT2D eigenvalue weighted by Gasteiger charge is 2.30. The Morgan fingerprint density at radius 1 is 1.05 bits per heavy atom. The predicted octanol–water partition coefficient (Wildman–Crippen LogP) is 3.40. The number of alkyl halides is 3. The second-order valence-electron chi connectivity index (χ2n) is 4.47. The summed E-state index contributed by atoms with van der Waals surface area (Å²) in [5, 5.41) is 0.359. The average Bonchev–Trinajstić information content (AvgIpc) is 2.47. The summed E-state index contributed by atoms with van der Waals surface area (Å²) in [4.78, 5) is 15.8. The molecule has 0 aliphatic heterocycles. The van der Waals surface area contributed by atoms with Crippen LogP contribution in [0, 0.1) is 0 Å². The summed E-state index contributed by atoms with van der Waals surface area (Å²) in [6, 6.07) is 9.40.